The van der Waals surface area contributed by atoms with Crippen molar-refractivity contribution in [2.45, 2.75) is 13.8 Å². The molecule has 0 aliphatic heterocycles. The van der Waals surface area contributed by atoms with Gasteiger partial charge in [-0.2, -0.15) is 4.98 Å². The molecule has 7 heteroatoms. The lowest BCUT2D eigenvalue weighted by Crippen LogP contribution is -2.04. The van der Waals surface area contributed by atoms with E-state index in [1.54, 1.807) is 26.1 Å². The second-order valence-electron chi connectivity index (χ2n) is 3.13. The van der Waals surface area contributed by atoms with Crippen LogP contribution in [-0.4, -0.2) is 32.7 Å². The molecule has 0 aliphatic rings. The fraction of sp³-hybridized carbons (Fsp3) is 0.300. The standard InChI is InChI=1S/C10H10N4O3/c1-3-16-10(15)9-13-8(14-17-9)7-4-5-11-6(2)12-7/h4-5H,3H2,1-2H3. The van der Waals surface area contributed by atoms with Gasteiger partial charge in [-0.3, -0.25) is 0 Å². The minimum Gasteiger partial charge on any atom is -0.459 e. The molecule has 0 unspecified atom stereocenters. The van der Waals surface area contributed by atoms with Crippen LogP contribution in [0.1, 0.15) is 23.4 Å². The Morgan fingerprint density at radius 1 is 1.47 bits per heavy atom. The highest BCUT2D eigenvalue weighted by atomic mass is 16.6. The maximum Gasteiger partial charge on any atom is 0.397 e. The first kappa shape index (κ1) is 11.2. The van der Waals surface area contributed by atoms with Crippen LogP contribution in [-0.2, 0) is 4.74 Å². The highest BCUT2D eigenvalue weighted by Crippen LogP contribution is 2.12. The summed E-state index contributed by atoms with van der Waals surface area (Å²) < 4.78 is 9.51. The third-order valence-electron chi connectivity index (χ3n) is 1.88. The molecule has 0 aliphatic carbocycles. The van der Waals surface area contributed by atoms with Crippen LogP contribution >= 0.6 is 0 Å². The van der Waals surface area contributed by atoms with Gasteiger partial charge >= 0.3 is 11.9 Å². The lowest BCUT2D eigenvalue weighted by Gasteiger charge is -1.94. The summed E-state index contributed by atoms with van der Waals surface area (Å²) in [7, 11) is 0. The van der Waals surface area contributed by atoms with E-state index in [2.05, 4.69) is 20.1 Å². The van der Waals surface area contributed by atoms with E-state index in [9.17, 15) is 4.79 Å². The van der Waals surface area contributed by atoms with E-state index in [0.29, 0.717) is 11.5 Å². The lowest BCUT2D eigenvalue weighted by atomic mass is 10.4. The summed E-state index contributed by atoms with van der Waals surface area (Å²) in [5, 5.41) is 3.65. The van der Waals surface area contributed by atoms with Gasteiger partial charge in [0.05, 0.1) is 6.61 Å². The molecule has 0 fully saturated rings. The Morgan fingerprint density at radius 3 is 3.00 bits per heavy atom. The predicted molar refractivity (Wildman–Crippen MR) is 56.0 cm³/mol. The van der Waals surface area contributed by atoms with E-state index in [1.165, 1.54) is 0 Å². The number of aryl methyl sites for hydroxylation is 1. The van der Waals surface area contributed by atoms with E-state index in [0.717, 1.165) is 0 Å². The third kappa shape index (κ3) is 2.44. The summed E-state index contributed by atoms with van der Waals surface area (Å²) in [6, 6.07) is 1.63. The van der Waals surface area contributed by atoms with E-state index >= 15 is 0 Å². The summed E-state index contributed by atoms with van der Waals surface area (Å²) in [6.07, 6.45) is 1.58. The first-order chi connectivity index (χ1) is 8.20. The molecule has 0 bridgehead atoms. The van der Waals surface area contributed by atoms with E-state index in [-0.39, 0.29) is 18.3 Å². The number of carbonyl (C=O) groups excluding carboxylic acids is 1. The smallest absolute Gasteiger partial charge is 0.397 e. The molecular formula is C10H10N4O3. The molecule has 0 spiro atoms. The van der Waals surface area contributed by atoms with Crippen molar-refractivity contribution in [1.82, 2.24) is 20.1 Å². The Morgan fingerprint density at radius 2 is 2.29 bits per heavy atom. The van der Waals surface area contributed by atoms with Crippen molar-refractivity contribution in [3.8, 4) is 11.5 Å². The van der Waals surface area contributed by atoms with E-state index in [1.807, 2.05) is 0 Å². The Hall–Kier alpha value is -2.31. The number of carbonyl (C=O) groups is 1. The van der Waals surface area contributed by atoms with Gasteiger partial charge in [0, 0.05) is 6.20 Å². The van der Waals surface area contributed by atoms with Gasteiger partial charge in [0.15, 0.2) is 0 Å². The van der Waals surface area contributed by atoms with Crippen molar-refractivity contribution < 1.29 is 14.1 Å². The number of nitrogens with zero attached hydrogens (tertiary/aromatic N) is 4. The number of esters is 1. The fourth-order valence-electron chi connectivity index (χ4n) is 1.18. The third-order valence-corrected chi connectivity index (χ3v) is 1.88. The average molecular weight is 234 g/mol. The maximum absolute atomic E-state index is 11.3. The molecule has 17 heavy (non-hydrogen) atoms. The van der Waals surface area contributed by atoms with Crippen LogP contribution in [0.25, 0.3) is 11.5 Å². The van der Waals surface area contributed by atoms with Crippen molar-refractivity contribution in [3.05, 3.63) is 24.0 Å². The summed E-state index contributed by atoms with van der Waals surface area (Å²) in [5.41, 5.74) is 0.497. The van der Waals surface area contributed by atoms with Crippen molar-refractivity contribution in [3.63, 3.8) is 0 Å². The molecule has 0 atom stereocenters. The summed E-state index contributed by atoms with van der Waals surface area (Å²) in [6.45, 7) is 3.70. The summed E-state index contributed by atoms with van der Waals surface area (Å²) in [4.78, 5) is 23.3. The van der Waals surface area contributed by atoms with Gasteiger partial charge in [-0.15, -0.1) is 0 Å². The Labute approximate surface area is 96.8 Å². The van der Waals surface area contributed by atoms with Crippen LogP contribution in [0, 0.1) is 6.92 Å². The molecule has 0 N–H and O–H groups in total. The zero-order chi connectivity index (χ0) is 12.3. The molecule has 0 radical (unpaired) electrons. The Balaban J connectivity index is 2.27. The Bertz CT molecular complexity index is 538. The maximum atomic E-state index is 11.3. The number of aromatic nitrogens is 4. The molecule has 2 aromatic heterocycles. The first-order valence-electron chi connectivity index (χ1n) is 5.01. The van der Waals surface area contributed by atoms with Crippen LogP contribution < -0.4 is 0 Å². The van der Waals surface area contributed by atoms with Gasteiger partial charge in [0.1, 0.15) is 11.5 Å². The van der Waals surface area contributed by atoms with Crippen molar-refractivity contribution >= 4 is 5.97 Å². The average Bonchev–Trinajstić information content (AvgIpc) is 2.78. The highest BCUT2D eigenvalue weighted by molar-refractivity contribution is 5.84. The second-order valence-corrected chi connectivity index (χ2v) is 3.13. The van der Waals surface area contributed by atoms with Gasteiger partial charge in [-0.1, -0.05) is 5.16 Å². The van der Waals surface area contributed by atoms with E-state index < -0.39 is 5.97 Å². The quantitative estimate of drug-likeness (QED) is 0.732. The zero-order valence-corrected chi connectivity index (χ0v) is 9.38. The van der Waals surface area contributed by atoms with Crippen LogP contribution in [0.3, 0.4) is 0 Å². The zero-order valence-electron chi connectivity index (χ0n) is 9.38. The fourth-order valence-corrected chi connectivity index (χ4v) is 1.18. The number of hydrogen-bond acceptors (Lipinski definition) is 7. The summed E-state index contributed by atoms with van der Waals surface area (Å²) in [5.74, 6) is -0.00122. The van der Waals surface area contributed by atoms with Crippen molar-refractivity contribution in [1.29, 1.82) is 0 Å². The molecule has 2 heterocycles. The molecule has 0 saturated carbocycles. The molecule has 2 rings (SSSR count). The van der Waals surface area contributed by atoms with Gasteiger partial charge < -0.3 is 9.26 Å². The largest absolute Gasteiger partial charge is 0.459 e. The molecule has 88 valence electrons. The topological polar surface area (TPSA) is 91.0 Å². The van der Waals surface area contributed by atoms with Crippen LogP contribution in [0.5, 0.6) is 0 Å². The van der Waals surface area contributed by atoms with Crippen LogP contribution in [0.4, 0.5) is 0 Å². The molecule has 0 saturated heterocycles. The number of rotatable bonds is 3. The van der Waals surface area contributed by atoms with Gasteiger partial charge in [0.2, 0.25) is 5.82 Å². The van der Waals surface area contributed by atoms with E-state index in [4.69, 9.17) is 9.26 Å². The van der Waals surface area contributed by atoms with Gasteiger partial charge in [0.25, 0.3) is 0 Å². The molecule has 0 amide bonds. The van der Waals surface area contributed by atoms with Crippen molar-refractivity contribution in [2.24, 2.45) is 0 Å². The normalized spacial score (nSPS) is 10.2. The second kappa shape index (κ2) is 4.69. The van der Waals surface area contributed by atoms with Gasteiger partial charge in [-0.25, -0.2) is 14.8 Å². The number of hydrogen-bond donors (Lipinski definition) is 0. The lowest BCUT2D eigenvalue weighted by molar-refractivity contribution is 0.0470. The number of ether oxygens (including phenoxy) is 1. The summed E-state index contributed by atoms with van der Waals surface area (Å²) >= 11 is 0. The highest BCUT2D eigenvalue weighted by Gasteiger charge is 2.17. The first-order valence-corrected chi connectivity index (χ1v) is 5.01. The predicted octanol–water partition coefficient (Wildman–Crippen LogP) is 1.01. The molecular weight excluding hydrogens is 224 g/mol. The van der Waals surface area contributed by atoms with Gasteiger partial charge in [-0.05, 0) is 19.9 Å². The molecule has 7 nitrogen and oxygen atoms in total. The monoisotopic (exact) mass is 234 g/mol. The SMILES string of the molecule is CCOC(=O)c1nc(-c2ccnc(C)n2)no1. The minimum atomic E-state index is -0.642. The molecule has 2 aromatic rings. The minimum absolute atomic E-state index is 0.182. The Kier molecular flexibility index (Phi) is 3.08. The van der Waals surface area contributed by atoms with Crippen LogP contribution in [0.2, 0.25) is 0 Å². The molecule has 0 aromatic carbocycles. The van der Waals surface area contributed by atoms with Crippen molar-refractivity contribution in [2.75, 3.05) is 6.61 Å². The van der Waals surface area contributed by atoms with Crippen LogP contribution in [0.15, 0.2) is 16.8 Å².